The van der Waals surface area contributed by atoms with Crippen molar-refractivity contribution >= 4 is 50.7 Å². The summed E-state index contributed by atoms with van der Waals surface area (Å²) in [6.07, 6.45) is 0.125. The van der Waals surface area contributed by atoms with Crippen LogP contribution in [0.1, 0.15) is 12.0 Å². The van der Waals surface area contributed by atoms with Gasteiger partial charge in [0.15, 0.2) is 0 Å². The second-order valence-corrected chi connectivity index (χ2v) is 6.73. The standard InChI is InChI=1S/C17H14BrClN2O2/c1-10-2-5-12(8-14(10)19)20-15-9-16(22)21(17(15)23)13-6-3-11(18)4-7-13/h2-8,15,20H,9H2,1H3. The number of benzene rings is 2. The van der Waals surface area contributed by atoms with Crippen molar-refractivity contribution in [1.29, 1.82) is 0 Å². The van der Waals surface area contributed by atoms with Gasteiger partial charge in [-0.25, -0.2) is 4.90 Å². The van der Waals surface area contributed by atoms with Crippen molar-refractivity contribution < 1.29 is 9.59 Å². The van der Waals surface area contributed by atoms with Crippen molar-refractivity contribution in [3.05, 3.63) is 57.5 Å². The lowest BCUT2D eigenvalue weighted by molar-refractivity contribution is -0.121. The van der Waals surface area contributed by atoms with Crippen molar-refractivity contribution in [3.8, 4) is 0 Å². The summed E-state index contributed by atoms with van der Waals surface area (Å²) in [7, 11) is 0. The number of nitrogens with zero attached hydrogens (tertiary/aromatic N) is 1. The predicted molar refractivity (Wildman–Crippen MR) is 94.9 cm³/mol. The quantitative estimate of drug-likeness (QED) is 0.797. The number of imide groups is 1. The molecular formula is C17H14BrClN2O2. The first-order valence-corrected chi connectivity index (χ1v) is 8.28. The lowest BCUT2D eigenvalue weighted by atomic mass is 10.2. The Morgan fingerprint density at radius 1 is 1.17 bits per heavy atom. The van der Waals surface area contributed by atoms with Gasteiger partial charge in [-0.3, -0.25) is 9.59 Å². The van der Waals surface area contributed by atoms with Gasteiger partial charge in [0.2, 0.25) is 5.91 Å². The molecule has 2 aromatic carbocycles. The maximum absolute atomic E-state index is 12.6. The fraction of sp³-hybridized carbons (Fsp3) is 0.176. The number of carbonyl (C=O) groups excluding carboxylic acids is 2. The van der Waals surface area contributed by atoms with Gasteiger partial charge >= 0.3 is 0 Å². The predicted octanol–water partition coefficient (Wildman–Crippen LogP) is 4.15. The summed E-state index contributed by atoms with van der Waals surface area (Å²) >= 11 is 9.44. The van der Waals surface area contributed by atoms with E-state index < -0.39 is 6.04 Å². The average Bonchev–Trinajstić information content (AvgIpc) is 2.79. The van der Waals surface area contributed by atoms with Crippen LogP contribution in [0, 0.1) is 6.92 Å². The first kappa shape index (κ1) is 16.0. The van der Waals surface area contributed by atoms with Gasteiger partial charge in [0, 0.05) is 15.2 Å². The highest BCUT2D eigenvalue weighted by Crippen LogP contribution is 2.27. The molecule has 118 valence electrons. The first-order chi connectivity index (χ1) is 11.0. The monoisotopic (exact) mass is 392 g/mol. The lowest BCUT2D eigenvalue weighted by Gasteiger charge is -2.16. The Balaban J connectivity index is 1.80. The summed E-state index contributed by atoms with van der Waals surface area (Å²) in [4.78, 5) is 26.0. The molecule has 1 fully saturated rings. The molecule has 0 aliphatic carbocycles. The van der Waals surface area contributed by atoms with Crippen LogP contribution in [0.15, 0.2) is 46.9 Å². The normalized spacial score (nSPS) is 17.7. The van der Waals surface area contributed by atoms with Crippen LogP contribution in [0.4, 0.5) is 11.4 Å². The lowest BCUT2D eigenvalue weighted by Crippen LogP contribution is -2.34. The highest BCUT2D eigenvalue weighted by atomic mass is 79.9. The van der Waals surface area contributed by atoms with Crippen LogP contribution in [0.3, 0.4) is 0 Å². The Morgan fingerprint density at radius 2 is 1.87 bits per heavy atom. The molecule has 0 radical (unpaired) electrons. The summed E-state index contributed by atoms with van der Waals surface area (Å²) in [6, 6.07) is 12.0. The van der Waals surface area contributed by atoms with E-state index in [1.807, 2.05) is 19.1 Å². The fourth-order valence-electron chi connectivity index (χ4n) is 2.49. The Kier molecular flexibility index (Phi) is 4.41. The Bertz CT molecular complexity index is 777. The Hall–Kier alpha value is -1.85. The summed E-state index contributed by atoms with van der Waals surface area (Å²) in [5.74, 6) is -0.470. The molecule has 2 amide bonds. The zero-order valence-electron chi connectivity index (χ0n) is 12.3. The third kappa shape index (κ3) is 3.26. The topological polar surface area (TPSA) is 49.4 Å². The van der Waals surface area contributed by atoms with E-state index in [0.29, 0.717) is 10.7 Å². The molecule has 1 atom stereocenters. The molecule has 3 rings (SSSR count). The molecule has 2 aromatic rings. The third-order valence-corrected chi connectivity index (χ3v) is 4.68. The molecule has 0 bridgehead atoms. The van der Waals surface area contributed by atoms with E-state index in [1.165, 1.54) is 4.90 Å². The Labute approximate surface area is 147 Å². The van der Waals surface area contributed by atoms with E-state index in [2.05, 4.69) is 21.2 Å². The Morgan fingerprint density at radius 3 is 2.52 bits per heavy atom. The molecule has 6 heteroatoms. The number of hydrogen-bond acceptors (Lipinski definition) is 3. The van der Waals surface area contributed by atoms with E-state index in [9.17, 15) is 9.59 Å². The maximum Gasteiger partial charge on any atom is 0.256 e. The van der Waals surface area contributed by atoms with E-state index in [4.69, 9.17) is 11.6 Å². The fourth-order valence-corrected chi connectivity index (χ4v) is 2.93. The second-order valence-electron chi connectivity index (χ2n) is 5.41. The molecule has 1 aliphatic rings. The van der Waals surface area contributed by atoms with Crippen LogP contribution in [0.2, 0.25) is 5.02 Å². The molecule has 4 nitrogen and oxygen atoms in total. The number of hydrogen-bond donors (Lipinski definition) is 1. The van der Waals surface area contributed by atoms with Crippen LogP contribution >= 0.6 is 27.5 Å². The van der Waals surface area contributed by atoms with E-state index in [-0.39, 0.29) is 18.2 Å². The molecule has 23 heavy (non-hydrogen) atoms. The number of aryl methyl sites for hydroxylation is 1. The maximum atomic E-state index is 12.6. The highest BCUT2D eigenvalue weighted by molar-refractivity contribution is 9.10. The average molecular weight is 394 g/mol. The van der Waals surface area contributed by atoms with Crippen LogP contribution < -0.4 is 10.2 Å². The van der Waals surface area contributed by atoms with E-state index >= 15 is 0 Å². The van der Waals surface area contributed by atoms with Crippen molar-refractivity contribution in [2.24, 2.45) is 0 Å². The molecule has 1 aliphatic heterocycles. The smallest absolute Gasteiger partial charge is 0.256 e. The van der Waals surface area contributed by atoms with Crippen LogP contribution in [-0.4, -0.2) is 17.9 Å². The largest absolute Gasteiger partial charge is 0.373 e. The van der Waals surface area contributed by atoms with Crippen molar-refractivity contribution in [1.82, 2.24) is 0 Å². The molecule has 0 saturated carbocycles. The van der Waals surface area contributed by atoms with Gasteiger partial charge in [0.25, 0.3) is 5.91 Å². The SMILES string of the molecule is Cc1ccc(NC2CC(=O)N(c3ccc(Br)cc3)C2=O)cc1Cl. The van der Waals surface area contributed by atoms with E-state index in [0.717, 1.165) is 15.7 Å². The van der Waals surface area contributed by atoms with Crippen LogP contribution in [0.25, 0.3) is 0 Å². The molecular weight excluding hydrogens is 380 g/mol. The molecule has 1 unspecified atom stereocenters. The number of halogens is 2. The summed E-state index contributed by atoms with van der Waals surface area (Å²) in [5.41, 5.74) is 2.27. The highest BCUT2D eigenvalue weighted by Gasteiger charge is 2.39. The van der Waals surface area contributed by atoms with Gasteiger partial charge < -0.3 is 5.32 Å². The minimum Gasteiger partial charge on any atom is -0.373 e. The zero-order valence-corrected chi connectivity index (χ0v) is 14.7. The number of nitrogens with one attached hydrogen (secondary N) is 1. The zero-order chi connectivity index (χ0) is 16.6. The van der Waals surface area contributed by atoms with Crippen LogP contribution in [-0.2, 0) is 9.59 Å². The van der Waals surface area contributed by atoms with Crippen molar-refractivity contribution in [3.63, 3.8) is 0 Å². The molecule has 0 aromatic heterocycles. The minimum absolute atomic E-state index is 0.125. The van der Waals surface area contributed by atoms with Crippen LogP contribution in [0.5, 0.6) is 0 Å². The van der Waals surface area contributed by atoms with Gasteiger partial charge in [0.1, 0.15) is 6.04 Å². The van der Waals surface area contributed by atoms with Crippen molar-refractivity contribution in [2.75, 3.05) is 10.2 Å². The van der Waals surface area contributed by atoms with Gasteiger partial charge in [-0.05, 0) is 48.9 Å². The molecule has 1 N–H and O–H groups in total. The second kappa shape index (κ2) is 6.34. The number of amides is 2. The van der Waals surface area contributed by atoms with Gasteiger partial charge in [-0.15, -0.1) is 0 Å². The molecule has 0 spiro atoms. The van der Waals surface area contributed by atoms with Gasteiger partial charge in [-0.1, -0.05) is 33.6 Å². The third-order valence-electron chi connectivity index (χ3n) is 3.74. The first-order valence-electron chi connectivity index (χ1n) is 7.11. The number of carbonyl (C=O) groups is 2. The molecule has 1 saturated heterocycles. The summed E-state index contributed by atoms with van der Waals surface area (Å²) in [6.45, 7) is 1.91. The number of rotatable bonds is 3. The number of anilines is 2. The van der Waals surface area contributed by atoms with Crippen molar-refractivity contribution in [2.45, 2.75) is 19.4 Å². The summed E-state index contributed by atoms with van der Waals surface area (Å²) < 4.78 is 0.893. The van der Waals surface area contributed by atoms with Gasteiger partial charge in [0.05, 0.1) is 12.1 Å². The summed E-state index contributed by atoms with van der Waals surface area (Å²) in [5, 5.41) is 3.72. The van der Waals surface area contributed by atoms with Gasteiger partial charge in [-0.2, -0.15) is 0 Å². The minimum atomic E-state index is -0.579. The van der Waals surface area contributed by atoms with E-state index in [1.54, 1.807) is 30.3 Å². The molecule has 1 heterocycles.